The van der Waals surface area contributed by atoms with Crippen LogP contribution in [0.5, 0.6) is 0 Å². The summed E-state index contributed by atoms with van der Waals surface area (Å²) in [6, 6.07) is -0.977. The zero-order valence-electron chi connectivity index (χ0n) is 14.2. The van der Waals surface area contributed by atoms with Crippen molar-refractivity contribution in [1.29, 1.82) is 0 Å². The first-order chi connectivity index (χ1) is 11.2. The van der Waals surface area contributed by atoms with E-state index >= 15 is 0 Å². The van der Waals surface area contributed by atoms with Gasteiger partial charge in [0.25, 0.3) is 0 Å². The molecule has 24 heavy (non-hydrogen) atoms. The molecule has 134 valence electrons. The predicted molar refractivity (Wildman–Crippen MR) is 81.2 cm³/mol. The number of carbonyl (C=O) groups excluding carboxylic acids is 3. The molecule has 2 rings (SSSR count). The maximum absolute atomic E-state index is 12.1. The second-order valence-electron chi connectivity index (χ2n) is 6.51. The lowest BCUT2D eigenvalue weighted by molar-refractivity contribution is -0.147. The number of cyclic esters (lactones) is 1. The zero-order valence-corrected chi connectivity index (χ0v) is 14.2. The van der Waals surface area contributed by atoms with E-state index in [1.807, 2.05) is 0 Å². The number of hydrogen-bond acceptors (Lipinski definition) is 8. The summed E-state index contributed by atoms with van der Waals surface area (Å²) < 4.78 is 15.0. The summed E-state index contributed by atoms with van der Waals surface area (Å²) in [6.45, 7) is 7.13. The summed E-state index contributed by atoms with van der Waals surface area (Å²) in [6.07, 6.45) is -1.21. The van der Waals surface area contributed by atoms with E-state index < -0.39 is 35.8 Å². The van der Waals surface area contributed by atoms with Crippen molar-refractivity contribution in [2.45, 2.75) is 51.9 Å². The van der Waals surface area contributed by atoms with Gasteiger partial charge in [0.2, 0.25) is 0 Å². The highest BCUT2D eigenvalue weighted by Crippen LogP contribution is 2.28. The lowest BCUT2D eigenvalue weighted by atomic mass is 9.95. The van der Waals surface area contributed by atoms with Gasteiger partial charge in [0, 0.05) is 6.42 Å². The molecular weight excluding hydrogens is 320 g/mol. The molecule has 2 aliphatic heterocycles. The number of ether oxygens (including phenoxy) is 3. The molecule has 1 amide bonds. The van der Waals surface area contributed by atoms with Crippen molar-refractivity contribution < 1.29 is 33.4 Å². The number of rotatable bonds is 5. The number of nitrogens with zero attached hydrogens (tertiary/aromatic N) is 1. The normalized spacial score (nSPS) is 23.5. The van der Waals surface area contributed by atoms with Crippen molar-refractivity contribution in [1.82, 2.24) is 5.32 Å². The Labute approximate surface area is 139 Å². The molecule has 0 aromatic heterocycles. The number of alkyl carbamates (subject to hydrolysis) is 1. The van der Waals surface area contributed by atoms with E-state index in [1.54, 1.807) is 27.7 Å². The van der Waals surface area contributed by atoms with Crippen LogP contribution >= 0.6 is 0 Å². The summed E-state index contributed by atoms with van der Waals surface area (Å²) in [5, 5.41) is 6.19. The van der Waals surface area contributed by atoms with Gasteiger partial charge in [-0.15, -0.1) is 0 Å². The Morgan fingerprint density at radius 3 is 2.75 bits per heavy atom. The number of esters is 2. The topological polar surface area (TPSA) is 113 Å². The summed E-state index contributed by atoms with van der Waals surface area (Å²) >= 11 is 0. The second-order valence-corrected chi connectivity index (χ2v) is 6.51. The van der Waals surface area contributed by atoms with Gasteiger partial charge < -0.3 is 24.4 Å². The van der Waals surface area contributed by atoms with Crippen LogP contribution in [0.1, 0.15) is 34.1 Å². The van der Waals surface area contributed by atoms with Crippen LogP contribution in [0.2, 0.25) is 0 Å². The van der Waals surface area contributed by atoms with Gasteiger partial charge in [0.1, 0.15) is 24.4 Å². The third-order valence-corrected chi connectivity index (χ3v) is 3.42. The molecule has 0 aromatic rings. The van der Waals surface area contributed by atoms with E-state index in [9.17, 15) is 14.4 Å². The smallest absolute Gasteiger partial charge is 0.408 e. The molecule has 0 unspecified atom stereocenters. The Hall–Kier alpha value is -2.32. The van der Waals surface area contributed by atoms with Crippen LogP contribution < -0.4 is 5.32 Å². The van der Waals surface area contributed by atoms with E-state index in [2.05, 4.69) is 10.5 Å². The van der Waals surface area contributed by atoms with Gasteiger partial charge in [-0.2, -0.15) is 0 Å². The monoisotopic (exact) mass is 342 g/mol. The van der Waals surface area contributed by atoms with Crippen molar-refractivity contribution in [3.8, 4) is 0 Å². The first kappa shape index (κ1) is 18.0. The largest absolute Gasteiger partial charge is 0.464 e. The lowest BCUT2D eigenvalue weighted by Crippen LogP contribution is -2.46. The molecule has 9 nitrogen and oxygen atoms in total. The number of hydrogen-bond donors (Lipinski definition) is 1. The van der Waals surface area contributed by atoms with Gasteiger partial charge >= 0.3 is 18.0 Å². The number of amides is 1. The maximum atomic E-state index is 12.1. The molecule has 2 heterocycles. The number of oxime groups is 1. The molecule has 0 aromatic carbocycles. The molecule has 0 spiro atoms. The third-order valence-electron chi connectivity index (χ3n) is 3.42. The predicted octanol–water partition coefficient (Wildman–Crippen LogP) is 0.761. The van der Waals surface area contributed by atoms with Gasteiger partial charge in [0.05, 0.1) is 12.5 Å². The average molecular weight is 342 g/mol. The highest BCUT2D eigenvalue weighted by atomic mass is 16.7. The zero-order chi connectivity index (χ0) is 17.9. The Bertz CT molecular complexity index is 553. The van der Waals surface area contributed by atoms with Gasteiger partial charge in [-0.3, -0.25) is 0 Å². The fourth-order valence-corrected chi connectivity index (χ4v) is 2.40. The molecule has 0 bridgehead atoms. The van der Waals surface area contributed by atoms with Crippen LogP contribution in [0.4, 0.5) is 4.79 Å². The Morgan fingerprint density at radius 2 is 2.12 bits per heavy atom. The fourth-order valence-electron chi connectivity index (χ4n) is 2.40. The SMILES string of the molecule is CCOC(=O)[C@@H](C[C@@H]1ON=C2C(=O)OC[C@@H]21)NC(=O)OC(C)(C)C. The molecule has 0 aliphatic carbocycles. The van der Waals surface area contributed by atoms with Crippen molar-refractivity contribution in [2.75, 3.05) is 13.2 Å². The van der Waals surface area contributed by atoms with E-state index in [1.165, 1.54) is 0 Å². The number of carbonyl (C=O) groups is 3. The molecule has 1 fully saturated rings. The Balaban J connectivity index is 2.00. The molecular formula is C15H22N2O7. The first-order valence-electron chi connectivity index (χ1n) is 7.78. The lowest BCUT2D eigenvalue weighted by Gasteiger charge is -2.24. The van der Waals surface area contributed by atoms with Crippen molar-refractivity contribution >= 4 is 23.7 Å². The van der Waals surface area contributed by atoms with E-state index in [4.69, 9.17) is 19.0 Å². The standard InChI is InChI=1S/C15H22N2O7/c1-5-21-12(18)9(16-14(20)23-15(2,3)4)6-10-8-7-22-13(19)11(8)17-24-10/h8-10H,5-7H2,1-4H3,(H,16,20)/t8-,9-,10+/m1/s1. The van der Waals surface area contributed by atoms with Crippen LogP contribution in [-0.2, 0) is 28.6 Å². The second kappa shape index (κ2) is 7.06. The molecule has 0 saturated carbocycles. The Morgan fingerprint density at radius 1 is 1.42 bits per heavy atom. The van der Waals surface area contributed by atoms with Crippen molar-refractivity contribution in [3.63, 3.8) is 0 Å². The van der Waals surface area contributed by atoms with E-state index in [0.717, 1.165) is 0 Å². The first-order valence-corrected chi connectivity index (χ1v) is 7.78. The summed E-state index contributed by atoms with van der Waals surface area (Å²) in [4.78, 5) is 40.7. The summed E-state index contributed by atoms with van der Waals surface area (Å²) in [5.41, 5.74) is -0.491. The minimum absolute atomic E-state index is 0.0897. The van der Waals surface area contributed by atoms with Crippen LogP contribution in [0.15, 0.2) is 5.16 Å². The molecule has 1 N–H and O–H groups in total. The minimum atomic E-state index is -0.977. The molecule has 0 radical (unpaired) electrons. The molecule has 2 aliphatic rings. The van der Waals surface area contributed by atoms with Gasteiger partial charge in [0.15, 0.2) is 5.71 Å². The van der Waals surface area contributed by atoms with Gasteiger partial charge in [-0.1, -0.05) is 5.16 Å². The van der Waals surface area contributed by atoms with Crippen LogP contribution in [0.25, 0.3) is 0 Å². The quantitative estimate of drug-likeness (QED) is 0.580. The highest BCUT2D eigenvalue weighted by Gasteiger charge is 2.46. The number of nitrogens with one attached hydrogen (secondary N) is 1. The van der Waals surface area contributed by atoms with Crippen LogP contribution in [0.3, 0.4) is 0 Å². The molecule has 1 saturated heterocycles. The maximum Gasteiger partial charge on any atom is 0.408 e. The van der Waals surface area contributed by atoms with E-state index in [0.29, 0.717) is 0 Å². The van der Waals surface area contributed by atoms with Gasteiger partial charge in [-0.25, -0.2) is 14.4 Å². The van der Waals surface area contributed by atoms with Gasteiger partial charge in [-0.05, 0) is 27.7 Å². The Kier molecular flexibility index (Phi) is 5.30. The summed E-state index contributed by atoms with van der Waals surface area (Å²) in [5.74, 6) is -1.48. The fraction of sp³-hybridized carbons (Fsp3) is 0.733. The third kappa shape index (κ3) is 4.36. The minimum Gasteiger partial charge on any atom is -0.464 e. The highest BCUT2D eigenvalue weighted by molar-refractivity contribution is 6.39. The average Bonchev–Trinajstić information content (AvgIpc) is 3.00. The van der Waals surface area contributed by atoms with E-state index in [-0.39, 0.29) is 31.3 Å². The van der Waals surface area contributed by atoms with Crippen molar-refractivity contribution in [2.24, 2.45) is 11.1 Å². The molecule has 3 atom stereocenters. The van der Waals surface area contributed by atoms with Crippen LogP contribution in [-0.4, -0.2) is 54.7 Å². The van der Waals surface area contributed by atoms with Crippen molar-refractivity contribution in [3.05, 3.63) is 0 Å². The van der Waals surface area contributed by atoms with Crippen LogP contribution in [0, 0.1) is 5.92 Å². The number of fused-ring (bicyclic) bond motifs is 1. The molecule has 9 heteroatoms. The summed E-state index contributed by atoms with van der Waals surface area (Å²) in [7, 11) is 0.